The second-order valence-corrected chi connectivity index (χ2v) is 6.07. The van der Waals surface area contributed by atoms with Gasteiger partial charge in [-0.3, -0.25) is 4.79 Å². The first-order chi connectivity index (χ1) is 12.0. The Morgan fingerprint density at radius 2 is 1.60 bits per heavy atom. The van der Waals surface area contributed by atoms with Crippen LogP contribution in [0.15, 0.2) is 60.7 Å². The maximum atomic E-state index is 12.4. The Morgan fingerprint density at radius 1 is 1.00 bits per heavy atom. The van der Waals surface area contributed by atoms with Gasteiger partial charge in [0.2, 0.25) is 5.78 Å². The summed E-state index contributed by atoms with van der Waals surface area (Å²) in [7, 11) is 0. The quantitative estimate of drug-likeness (QED) is 0.548. The fraction of sp³-hybridized carbons (Fsp3) is 0.100. The Hall–Kier alpha value is -2.85. The van der Waals surface area contributed by atoms with Crippen LogP contribution in [0.2, 0.25) is 5.02 Å². The van der Waals surface area contributed by atoms with Crippen LogP contribution in [-0.2, 0) is 4.74 Å². The normalized spacial score (nSPS) is 11.9. The SMILES string of the molecule is C[C@H](OC(=O)c1cc2ccccc2cc1O)C(=O)c1ccc(Cl)cc1. The van der Waals surface area contributed by atoms with Crippen LogP contribution < -0.4 is 0 Å². The number of phenols is 1. The summed E-state index contributed by atoms with van der Waals surface area (Å²) in [4.78, 5) is 24.7. The van der Waals surface area contributed by atoms with Crippen molar-refractivity contribution in [3.8, 4) is 5.75 Å². The number of Topliss-reactive ketones (excluding diaryl/α,β-unsaturated/α-hetero) is 1. The molecular formula is C20H15ClO4. The van der Waals surface area contributed by atoms with E-state index in [0.29, 0.717) is 10.6 Å². The summed E-state index contributed by atoms with van der Waals surface area (Å²) in [5.41, 5.74) is 0.418. The Balaban J connectivity index is 1.80. The van der Waals surface area contributed by atoms with Gasteiger partial charge in [-0.25, -0.2) is 4.79 Å². The second-order valence-electron chi connectivity index (χ2n) is 5.64. The predicted molar refractivity (Wildman–Crippen MR) is 96.3 cm³/mol. The minimum atomic E-state index is -0.987. The average molecular weight is 355 g/mol. The van der Waals surface area contributed by atoms with Crippen molar-refractivity contribution in [1.29, 1.82) is 0 Å². The minimum absolute atomic E-state index is 0.0226. The average Bonchev–Trinajstić information content (AvgIpc) is 2.61. The summed E-state index contributed by atoms with van der Waals surface area (Å²) in [6, 6.07) is 16.7. The van der Waals surface area contributed by atoms with Gasteiger partial charge in [0.05, 0.1) is 0 Å². The van der Waals surface area contributed by atoms with Crippen LogP contribution in [0.3, 0.4) is 0 Å². The minimum Gasteiger partial charge on any atom is -0.507 e. The van der Waals surface area contributed by atoms with Gasteiger partial charge in [-0.15, -0.1) is 0 Å². The molecule has 0 aromatic heterocycles. The number of rotatable bonds is 4. The second kappa shape index (κ2) is 6.95. The first-order valence-corrected chi connectivity index (χ1v) is 8.06. The number of fused-ring (bicyclic) bond motifs is 1. The van der Waals surface area contributed by atoms with E-state index in [0.717, 1.165) is 10.8 Å². The van der Waals surface area contributed by atoms with Crippen LogP contribution in [0.5, 0.6) is 5.75 Å². The predicted octanol–water partition coefficient (Wildman–Crippen LogP) is 4.63. The number of aromatic hydroxyl groups is 1. The van der Waals surface area contributed by atoms with Gasteiger partial charge in [-0.1, -0.05) is 35.9 Å². The highest BCUT2D eigenvalue weighted by Crippen LogP contribution is 2.26. The zero-order valence-corrected chi connectivity index (χ0v) is 14.2. The maximum Gasteiger partial charge on any atom is 0.342 e. The van der Waals surface area contributed by atoms with Crippen molar-refractivity contribution in [3.05, 3.63) is 76.8 Å². The Bertz CT molecular complexity index is 948. The number of hydrogen-bond donors (Lipinski definition) is 1. The first kappa shape index (κ1) is 17.0. The van der Waals surface area contributed by atoms with E-state index in [4.69, 9.17) is 16.3 Å². The lowest BCUT2D eigenvalue weighted by molar-refractivity contribution is 0.0316. The molecule has 0 aliphatic heterocycles. The van der Waals surface area contributed by atoms with Crippen molar-refractivity contribution in [2.75, 3.05) is 0 Å². The number of phenolic OH excluding ortho intramolecular Hbond substituents is 1. The largest absolute Gasteiger partial charge is 0.507 e. The molecule has 25 heavy (non-hydrogen) atoms. The zero-order chi connectivity index (χ0) is 18.0. The molecule has 1 atom stereocenters. The highest BCUT2D eigenvalue weighted by atomic mass is 35.5. The molecule has 0 spiro atoms. The number of hydrogen-bond acceptors (Lipinski definition) is 4. The smallest absolute Gasteiger partial charge is 0.342 e. The summed E-state index contributed by atoms with van der Waals surface area (Å²) < 4.78 is 5.23. The molecule has 0 saturated heterocycles. The van der Waals surface area contributed by atoms with Crippen molar-refractivity contribution < 1.29 is 19.4 Å². The number of halogens is 1. The van der Waals surface area contributed by atoms with Crippen molar-refractivity contribution in [3.63, 3.8) is 0 Å². The van der Waals surface area contributed by atoms with Crippen LogP contribution in [0.25, 0.3) is 10.8 Å². The van der Waals surface area contributed by atoms with E-state index in [1.165, 1.54) is 13.0 Å². The molecule has 5 heteroatoms. The van der Waals surface area contributed by atoms with E-state index < -0.39 is 12.1 Å². The summed E-state index contributed by atoms with van der Waals surface area (Å²) >= 11 is 5.80. The van der Waals surface area contributed by atoms with E-state index in [-0.39, 0.29) is 17.1 Å². The van der Waals surface area contributed by atoms with Crippen molar-refractivity contribution >= 4 is 34.1 Å². The van der Waals surface area contributed by atoms with Gasteiger partial charge in [0.25, 0.3) is 0 Å². The highest BCUT2D eigenvalue weighted by molar-refractivity contribution is 6.30. The molecule has 0 unspecified atom stereocenters. The van der Waals surface area contributed by atoms with Gasteiger partial charge in [0.15, 0.2) is 6.10 Å². The summed E-state index contributed by atoms with van der Waals surface area (Å²) in [6.45, 7) is 1.49. The standard InChI is InChI=1S/C20H15ClO4/c1-12(19(23)13-6-8-16(21)9-7-13)25-20(24)17-10-14-4-2-3-5-15(14)11-18(17)22/h2-12,22H,1H3/t12-/m0/s1. The van der Waals surface area contributed by atoms with E-state index >= 15 is 0 Å². The lowest BCUT2D eigenvalue weighted by Crippen LogP contribution is -2.24. The Labute approximate surface area is 149 Å². The molecule has 126 valence electrons. The molecule has 0 aliphatic carbocycles. The van der Waals surface area contributed by atoms with Gasteiger partial charge < -0.3 is 9.84 Å². The van der Waals surface area contributed by atoms with Crippen LogP contribution in [0.4, 0.5) is 0 Å². The summed E-state index contributed by atoms with van der Waals surface area (Å²) in [6.07, 6.45) is -0.987. The van der Waals surface area contributed by atoms with Gasteiger partial charge in [0.1, 0.15) is 11.3 Å². The molecule has 0 heterocycles. The van der Waals surface area contributed by atoms with E-state index in [1.54, 1.807) is 30.3 Å². The van der Waals surface area contributed by atoms with Crippen LogP contribution >= 0.6 is 11.6 Å². The summed E-state index contributed by atoms with van der Waals surface area (Å²) in [5, 5.41) is 12.2. The lowest BCUT2D eigenvalue weighted by atomic mass is 10.1. The molecule has 0 radical (unpaired) electrons. The molecule has 0 saturated carbocycles. The fourth-order valence-corrected chi connectivity index (χ4v) is 2.64. The first-order valence-electron chi connectivity index (χ1n) is 7.68. The number of ether oxygens (including phenoxy) is 1. The molecule has 0 amide bonds. The monoisotopic (exact) mass is 354 g/mol. The highest BCUT2D eigenvalue weighted by Gasteiger charge is 2.22. The molecule has 0 fully saturated rings. The third-order valence-electron chi connectivity index (χ3n) is 3.87. The van der Waals surface area contributed by atoms with Crippen molar-refractivity contribution in [2.24, 2.45) is 0 Å². The Kier molecular flexibility index (Phi) is 4.72. The fourth-order valence-electron chi connectivity index (χ4n) is 2.52. The van der Waals surface area contributed by atoms with Gasteiger partial charge in [-0.05, 0) is 54.1 Å². The lowest BCUT2D eigenvalue weighted by Gasteiger charge is -2.13. The molecule has 3 rings (SSSR count). The van der Waals surface area contributed by atoms with E-state index in [1.807, 2.05) is 24.3 Å². The number of esters is 1. The molecule has 0 aliphatic rings. The van der Waals surface area contributed by atoms with E-state index in [2.05, 4.69) is 0 Å². The maximum absolute atomic E-state index is 12.4. The molecule has 4 nitrogen and oxygen atoms in total. The Morgan fingerprint density at radius 3 is 2.24 bits per heavy atom. The molecule has 1 N–H and O–H groups in total. The van der Waals surface area contributed by atoms with Gasteiger partial charge >= 0.3 is 5.97 Å². The zero-order valence-electron chi connectivity index (χ0n) is 13.4. The molecule has 0 bridgehead atoms. The summed E-state index contributed by atoms with van der Waals surface area (Å²) in [5.74, 6) is -1.28. The molecule has 3 aromatic rings. The molecule has 3 aromatic carbocycles. The van der Waals surface area contributed by atoms with Crippen molar-refractivity contribution in [1.82, 2.24) is 0 Å². The number of ketones is 1. The number of carbonyl (C=O) groups is 2. The van der Waals surface area contributed by atoms with Crippen LogP contribution in [-0.4, -0.2) is 23.0 Å². The third kappa shape index (κ3) is 3.64. The van der Waals surface area contributed by atoms with Gasteiger partial charge in [-0.2, -0.15) is 0 Å². The molecular weight excluding hydrogens is 340 g/mol. The van der Waals surface area contributed by atoms with Crippen molar-refractivity contribution in [2.45, 2.75) is 13.0 Å². The van der Waals surface area contributed by atoms with Gasteiger partial charge in [0, 0.05) is 10.6 Å². The topological polar surface area (TPSA) is 63.6 Å². The van der Waals surface area contributed by atoms with Crippen LogP contribution in [0.1, 0.15) is 27.6 Å². The van der Waals surface area contributed by atoms with Crippen LogP contribution in [0, 0.1) is 0 Å². The number of benzene rings is 3. The number of carbonyl (C=O) groups excluding carboxylic acids is 2. The third-order valence-corrected chi connectivity index (χ3v) is 4.12. The van der Waals surface area contributed by atoms with E-state index in [9.17, 15) is 14.7 Å².